The van der Waals surface area contributed by atoms with Gasteiger partial charge in [-0.2, -0.15) is 0 Å². The van der Waals surface area contributed by atoms with E-state index in [0.29, 0.717) is 48.2 Å². The number of hydrogen-bond donors (Lipinski definition) is 6. The number of aromatic nitrogens is 2. The van der Waals surface area contributed by atoms with Gasteiger partial charge in [0.25, 0.3) is 0 Å². The predicted molar refractivity (Wildman–Crippen MR) is 237 cm³/mol. The minimum atomic E-state index is -3.66. The molecule has 10 atom stereocenters. The van der Waals surface area contributed by atoms with E-state index < -0.39 is 70.8 Å². The molecule has 6 N–H and O–H groups in total. The fourth-order valence-electron chi connectivity index (χ4n) is 7.56. The third-order valence-electron chi connectivity index (χ3n) is 11.3. The average Bonchev–Trinajstić information content (AvgIpc) is 3.18. The first-order valence-electron chi connectivity index (χ1n) is 21.1. The second-order valence-electron chi connectivity index (χ2n) is 16.8. The molecule has 0 saturated carbocycles. The van der Waals surface area contributed by atoms with Crippen molar-refractivity contribution >= 4 is 77.7 Å². The zero-order chi connectivity index (χ0) is 47.3. The van der Waals surface area contributed by atoms with Gasteiger partial charge in [0.2, 0.25) is 16.0 Å². The molecule has 2 aliphatic carbocycles. The SMILES string of the molecule is CC(C)c1nc(N(C)S(C)(=O)=O)nc(-c2ccc(F)cc2)c1/C=C/[C@@H](O)C[C@@H](O)CC(=O)[O-].CC[C@H](C)C(=O)O[C@H]1C[C@H](O)C=C2C=C[C@H](C)[C@H](CCC(O)C[C@@H](O)CC(=O)O)[C@H]21.[Ca+2]. The Kier molecular flexibility index (Phi) is 23.2. The first-order chi connectivity index (χ1) is 29.4. The summed E-state index contributed by atoms with van der Waals surface area (Å²) in [4.78, 5) is 42.6. The Balaban J connectivity index is 0.000000435. The molecule has 0 amide bonds. The second-order valence-corrected chi connectivity index (χ2v) is 18.8. The number of carbonyl (C=O) groups is 3. The molecule has 16 nitrogen and oxygen atoms in total. The van der Waals surface area contributed by atoms with Gasteiger partial charge in [0.05, 0.1) is 60.5 Å². The second kappa shape index (κ2) is 26.1. The zero-order valence-electron chi connectivity index (χ0n) is 37.6. The zero-order valence-corrected chi connectivity index (χ0v) is 40.6. The largest absolute Gasteiger partial charge is 2.00 e. The summed E-state index contributed by atoms with van der Waals surface area (Å²) in [5.41, 5.74) is 2.72. The molecule has 350 valence electrons. The van der Waals surface area contributed by atoms with Crippen LogP contribution in [0.25, 0.3) is 17.3 Å². The fourth-order valence-corrected chi connectivity index (χ4v) is 7.93. The van der Waals surface area contributed by atoms with Crippen LogP contribution in [0.1, 0.15) is 103 Å². The van der Waals surface area contributed by atoms with Crippen molar-refractivity contribution in [2.45, 2.75) is 129 Å². The van der Waals surface area contributed by atoms with Gasteiger partial charge in [-0.1, -0.05) is 65.0 Å². The van der Waals surface area contributed by atoms with Gasteiger partial charge in [0.15, 0.2) is 0 Å². The first kappa shape index (κ1) is 56.8. The minimum absolute atomic E-state index is 0. The Labute approximate surface area is 405 Å². The number of sulfonamides is 1. The van der Waals surface area contributed by atoms with Crippen LogP contribution in [-0.4, -0.2) is 155 Å². The Morgan fingerprint density at radius 3 is 2.20 bits per heavy atom. The van der Waals surface area contributed by atoms with Gasteiger partial charge >= 0.3 is 49.7 Å². The van der Waals surface area contributed by atoms with Gasteiger partial charge in [-0.15, -0.1) is 0 Å². The van der Waals surface area contributed by atoms with E-state index in [9.17, 15) is 57.8 Å². The van der Waals surface area contributed by atoms with Gasteiger partial charge < -0.3 is 45.3 Å². The molecule has 2 aromatic rings. The van der Waals surface area contributed by atoms with Crippen molar-refractivity contribution < 1.29 is 67.7 Å². The summed E-state index contributed by atoms with van der Waals surface area (Å²) < 4.78 is 44.4. The monoisotopic (exact) mass is 944 g/mol. The average molecular weight is 945 g/mol. The van der Waals surface area contributed by atoms with Crippen LogP contribution < -0.4 is 9.41 Å². The van der Waals surface area contributed by atoms with E-state index in [1.807, 2.05) is 39.8 Å². The molecule has 1 aromatic carbocycles. The quantitative estimate of drug-likeness (QED) is 0.0823. The molecule has 0 fully saturated rings. The number of nitrogens with zero attached hydrogens (tertiary/aromatic N) is 3. The summed E-state index contributed by atoms with van der Waals surface area (Å²) >= 11 is 0. The smallest absolute Gasteiger partial charge is 0.550 e. The maximum Gasteiger partial charge on any atom is 2.00 e. The van der Waals surface area contributed by atoms with Crippen LogP contribution in [0, 0.1) is 29.5 Å². The van der Waals surface area contributed by atoms with E-state index in [0.717, 1.165) is 16.1 Å². The summed E-state index contributed by atoms with van der Waals surface area (Å²) in [6, 6.07) is 5.46. The molecule has 0 aliphatic heterocycles. The number of aliphatic hydroxyl groups excluding tert-OH is 5. The topological polar surface area (TPSA) is 268 Å². The van der Waals surface area contributed by atoms with Gasteiger partial charge in [-0.05, 0) is 73.3 Å². The van der Waals surface area contributed by atoms with Crippen LogP contribution in [-0.2, 0) is 29.1 Å². The van der Waals surface area contributed by atoms with Crippen molar-refractivity contribution in [2.75, 3.05) is 17.6 Å². The molecule has 1 aromatic heterocycles. The van der Waals surface area contributed by atoms with Crippen LogP contribution in [0.15, 0.2) is 54.1 Å². The van der Waals surface area contributed by atoms with Crippen molar-refractivity contribution in [1.82, 2.24) is 9.97 Å². The van der Waals surface area contributed by atoms with E-state index >= 15 is 0 Å². The number of hydrogen-bond acceptors (Lipinski definition) is 14. The minimum Gasteiger partial charge on any atom is -0.550 e. The van der Waals surface area contributed by atoms with E-state index in [1.165, 1.54) is 43.5 Å². The normalized spacial score (nSPS) is 21.8. The molecule has 0 bridgehead atoms. The number of esters is 1. The number of fused-ring (bicyclic) bond motifs is 1. The molecular weight excluding hydrogens is 882 g/mol. The van der Waals surface area contributed by atoms with Crippen LogP contribution >= 0.6 is 0 Å². The standard InChI is InChI=1S/C23H36O7.C22H28FN3O6S.Ca/c1-4-13(2)23(29)30-20-11-17(25)9-15-6-5-14(3)19(22(15)20)8-7-16(24)10-18(26)12-21(27)28;1-13(2)20-18(10-9-16(27)11-17(28)12-19(29)30)21(14-5-7-15(23)8-6-14)25-22(24-20)26(3)33(4,31)32;/h5-6,9,13-14,16-20,22,24-26H,4,7-8,10-12H2,1-3H3,(H,27,28);5-10,13,16-17,27-28H,11-12H2,1-4H3,(H,29,30);/q;;+2/p-1/b;10-9+;/t13-,14-,16?,17+,18+,19-,20-,22-;16-,17-;/m01./s1. The van der Waals surface area contributed by atoms with Crippen molar-refractivity contribution in [3.8, 4) is 11.3 Å². The number of allylic oxidation sites excluding steroid dienone is 2. The number of anilines is 1. The summed E-state index contributed by atoms with van der Waals surface area (Å²) in [7, 11) is -2.34. The Hall–Kier alpha value is -3.33. The number of ether oxygens (including phenoxy) is 1. The molecule has 1 unspecified atom stereocenters. The van der Waals surface area contributed by atoms with Crippen LogP contribution in [0.5, 0.6) is 0 Å². The van der Waals surface area contributed by atoms with E-state index in [4.69, 9.17) is 9.84 Å². The third kappa shape index (κ3) is 17.5. The van der Waals surface area contributed by atoms with Crippen molar-refractivity contribution in [3.05, 3.63) is 71.2 Å². The van der Waals surface area contributed by atoms with Crippen molar-refractivity contribution in [3.63, 3.8) is 0 Å². The maximum atomic E-state index is 13.5. The van der Waals surface area contributed by atoms with E-state index in [-0.39, 0.29) is 98.5 Å². The molecule has 2 aliphatic rings. The predicted octanol–water partition coefficient (Wildman–Crippen LogP) is 3.13. The fraction of sp³-hybridized carbons (Fsp3) is 0.578. The van der Waals surface area contributed by atoms with Crippen LogP contribution in [0.2, 0.25) is 0 Å². The van der Waals surface area contributed by atoms with Gasteiger partial charge in [-0.25, -0.2) is 27.1 Å². The molecule has 1 heterocycles. The van der Waals surface area contributed by atoms with E-state index in [2.05, 4.69) is 23.0 Å². The number of carboxylic acid groups (broad SMARTS) is 2. The third-order valence-corrected chi connectivity index (χ3v) is 12.4. The molecule has 64 heavy (non-hydrogen) atoms. The molecule has 4 rings (SSSR count). The number of aliphatic hydroxyl groups is 5. The molecule has 0 spiro atoms. The molecule has 19 heteroatoms. The van der Waals surface area contributed by atoms with E-state index in [1.54, 1.807) is 0 Å². The molecule has 0 radical (unpaired) electrons. The first-order valence-corrected chi connectivity index (χ1v) is 23.0. The van der Waals surface area contributed by atoms with Gasteiger partial charge in [-0.3, -0.25) is 9.59 Å². The number of benzene rings is 1. The molecule has 0 saturated heterocycles. The molecular formula is C45H63CaFN3O13S+. The summed E-state index contributed by atoms with van der Waals surface area (Å²) in [5.74, 6) is -3.45. The summed E-state index contributed by atoms with van der Waals surface area (Å²) in [6.07, 6.45) is 5.22. The van der Waals surface area contributed by atoms with Crippen LogP contribution in [0.3, 0.4) is 0 Å². The van der Waals surface area contributed by atoms with Gasteiger partial charge in [0, 0.05) is 49.3 Å². The number of rotatable bonds is 20. The summed E-state index contributed by atoms with van der Waals surface area (Å²) in [5, 5.41) is 69.6. The van der Waals surface area contributed by atoms with Gasteiger partial charge in [0.1, 0.15) is 11.9 Å². The number of carboxylic acids is 2. The van der Waals surface area contributed by atoms with Crippen molar-refractivity contribution in [2.24, 2.45) is 23.7 Å². The Bertz CT molecular complexity index is 2070. The number of aliphatic carboxylic acids is 2. The number of halogens is 1. The van der Waals surface area contributed by atoms with Crippen molar-refractivity contribution in [1.29, 1.82) is 0 Å². The Morgan fingerprint density at radius 2 is 1.64 bits per heavy atom. The maximum absolute atomic E-state index is 13.5. The summed E-state index contributed by atoms with van der Waals surface area (Å²) in [6.45, 7) is 9.54. The Morgan fingerprint density at radius 1 is 1.02 bits per heavy atom. The van der Waals surface area contributed by atoms with Crippen LogP contribution in [0.4, 0.5) is 10.3 Å². The number of carbonyl (C=O) groups excluding carboxylic acids is 2.